The van der Waals surface area contributed by atoms with Crippen molar-refractivity contribution in [3.63, 3.8) is 0 Å². The Kier molecular flexibility index (Phi) is 7.32. The Morgan fingerprint density at radius 1 is 1.30 bits per heavy atom. The predicted octanol–water partition coefficient (Wildman–Crippen LogP) is 0.213. The van der Waals surface area contributed by atoms with E-state index in [1.54, 1.807) is 4.90 Å². The van der Waals surface area contributed by atoms with Gasteiger partial charge in [-0.2, -0.15) is 0 Å². The Morgan fingerprint density at radius 3 is 2.50 bits per heavy atom. The average molecular weight is 287 g/mol. The maximum atomic E-state index is 12.0. The van der Waals surface area contributed by atoms with E-state index in [4.69, 9.17) is 9.84 Å². The molecule has 1 heterocycles. The van der Waals surface area contributed by atoms with Crippen LogP contribution in [0.3, 0.4) is 0 Å². The largest absolute Gasteiger partial charge is 0.481 e. The number of carbonyl (C=O) groups excluding carboxylic acids is 1. The molecular weight excluding hydrogens is 262 g/mol. The van der Waals surface area contributed by atoms with Crippen LogP contribution in [0, 0.1) is 0 Å². The van der Waals surface area contributed by atoms with Crippen molar-refractivity contribution in [2.75, 3.05) is 45.9 Å². The molecular formula is C13H25N3O4. The Bertz CT molecular complexity index is 317. The lowest BCUT2D eigenvalue weighted by Gasteiger charge is -2.35. The van der Waals surface area contributed by atoms with Crippen molar-refractivity contribution < 1.29 is 19.4 Å². The summed E-state index contributed by atoms with van der Waals surface area (Å²) in [5, 5.41) is 11.5. The SMILES string of the molecule is CCOCC(C)NC(=O)N1CCN(CCC(=O)O)CC1. The number of urea groups is 1. The first-order chi connectivity index (χ1) is 9.52. The summed E-state index contributed by atoms with van der Waals surface area (Å²) in [6, 6.07) is -0.0809. The van der Waals surface area contributed by atoms with Crippen molar-refractivity contribution in [2.45, 2.75) is 26.3 Å². The standard InChI is InChI=1S/C13H25N3O4/c1-3-20-10-11(2)14-13(19)16-8-6-15(7-9-16)5-4-12(17)18/h11H,3-10H2,1-2H3,(H,14,19)(H,17,18). The maximum absolute atomic E-state index is 12.0. The van der Waals surface area contributed by atoms with Gasteiger partial charge in [-0.3, -0.25) is 9.69 Å². The summed E-state index contributed by atoms with van der Waals surface area (Å²) in [5.41, 5.74) is 0. The first-order valence-corrected chi connectivity index (χ1v) is 7.10. The zero-order valence-electron chi connectivity index (χ0n) is 12.3. The second-order valence-corrected chi connectivity index (χ2v) is 4.98. The molecule has 0 saturated carbocycles. The van der Waals surface area contributed by atoms with Crippen LogP contribution in [0.4, 0.5) is 4.79 Å². The minimum Gasteiger partial charge on any atom is -0.481 e. The number of carbonyl (C=O) groups is 2. The molecule has 116 valence electrons. The van der Waals surface area contributed by atoms with Gasteiger partial charge < -0.3 is 20.1 Å². The molecule has 7 heteroatoms. The van der Waals surface area contributed by atoms with Crippen LogP contribution in [-0.2, 0) is 9.53 Å². The molecule has 0 bridgehead atoms. The number of nitrogens with zero attached hydrogens (tertiary/aromatic N) is 2. The fourth-order valence-electron chi connectivity index (χ4n) is 2.07. The van der Waals surface area contributed by atoms with Crippen molar-refractivity contribution >= 4 is 12.0 Å². The number of carboxylic acid groups (broad SMARTS) is 1. The van der Waals surface area contributed by atoms with Gasteiger partial charge in [0.25, 0.3) is 0 Å². The minimum atomic E-state index is -0.782. The fourth-order valence-corrected chi connectivity index (χ4v) is 2.07. The lowest BCUT2D eigenvalue weighted by Crippen LogP contribution is -2.53. The molecule has 1 aliphatic rings. The lowest BCUT2D eigenvalue weighted by atomic mass is 10.3. The van der Waals surface area contributed by atoms with Gasteiger partial charge in [-0.1, -0.05) is 0 Å². The van der Waals surface area contributed by atoms with Gasteiger partial charge in [-0.15, -0.1) is 0 Å². The van der Waals surface area contributed by atoms with E-state index in [2.05, 4.69) is 10.2 Å². The van der Waals surface area contributed by atoms with Crippen molar-refractivity contribution in [2.24, 2.45) is 0 Å². The number of amides is 2. The lowest BCUT2D eigenvalue weighted by molar-refractivity contribution is -0.137. The zero-order chi connectivity index (χ0) is 15.0. The topological polar surface area (TPSA) is 82.1 Å². The molecule has 0 aromatic carbocycles. The van der Waals surface area contributed by atoms with E-state index in [1.165, 1.54) is 0 Å². The molecule has 20 heavy (non-hydrogen) atoms. The summed E-state index contributed by atoms with van der Waals surface area (Å²) in [4.78, 5) is 26.3. The van der Waals surface area contributed by atoms with E-state index in [0.717, 1.165) is 13.1 Å². The summed E-state index contributed by atoms with van der Waals surface area (Å²) >= 11 is 0. The van der Waals surface area contributed by atoms with Gasteiger partial charge >= 0.3 is 12.0 Å². The predicted molar refractivity (Wildman–Crippen MR) is 74.8 cm³/mol. The van der Waals surface area contributed by atoms with Gasteiger partial charge in [0.05, 0.1) is 19.1 Å². The van der Waals surface area contributed by atoms with Gasteiger partial charge in [0.2, 0.25) is 0 Å². The van der Waals surface area contributed by atoms with E-state index < -0.39 is 5.97 Å². The van der Waals surface area contributed by atoms with Crippen LogP contribution in [0.5, 0.6) is 0 Å². The summed E-state index contributed by atoms with van der Waals surface area (Å²) in [5.74, 6) is -0.782. The number of rotatable bonds is 7. The first-order valence-electron chi connectivity index (χ1n) is 7.10. The van der Waals surface area contributed by atoms with Gasteiger partial charge in [0, 0.05) is 39.3 Å². The zero-order valence-corrected chi connectivity index (χ0v) is 12.3. The third-order valence-corrected chi connectivity index (χ3v) is 3.24. The highest BCUT2D eigenvalue weighted by Gasteiger charge is 2.22. The molecule has 1 aliphatic heterocycles. The van der Waals surface area contributed by atoms with Crippen LogP contribution in [0.1, 0.15) is 20.3 Å². The quantitative estimate of drug-likeness (QED) is 0.699. The number of carboxylic acids is 1. The van der Waals surface area contributed by atoms with Crippen molar-refractivity contribution in [1.29, 1.82) is 0 Å². The van der Waals surface area contributed by atoms with E-state index in [0.29, 0.717) is 32.8 Å². The summed E-state index contributed by atoms with van der Waals surface area (Å²) < 4.78 is 5.26. The number of piperazine rings is 1. The Balaban J connectivity index is 2.23. The minimum absolute atomic E-state index is 0.00695. The van der Waals surface area contributed by atoms with Crippen LogP contribution in [0.25, 0.3) is 0 Å². The van der Waals surface area contributed by atoms with Crippen molar-refractivity contribution in [3.8, 4) is 0 Å². The number of aliphatic carboxylic acids is 1. The summed E-state index contributed by atoms with van der Waals surface area (Å²) in [7, 11) is 0. The van der Waals surface area contributed by atoms with Crippen LogP contribution in [-0.4, -0.2) is 78.9 Å². The average Bonchev–Trinajstić information content (AvgIpc) is 2.43. The van der Waals surface area contributed by atoms with Gasteiger partial charge in [0.15, 0.2) is 0 Å². The van der Waals surface area contributed by atoms with Crippen LogP contribution in [0.2, 0.25) is 0 Å². The molecule has 1 unspecified atom stereocenters. The van der Waals surface area contributed by atoms with Crippen molar-refractivity contribution in [1.82, 2.24) is 15.1 Å². The van der Waals surface area contributed by atoms with E-state index in [-0.39, 0.29) is 18.5 Å². The second kappa shape index (κ2) is 8.76. The number of hydrogen-bond donors (Lipinski definition) is 2. The van der Waals surface area contributed by atoms with E-state index in [1.807, 2.05) is 13.8 Å². The fraction of sp³-hybridized carbons (Fsp3) is 0.846. The van der Waals surface area contributed by atoms with Crippen LogP contribution < -0.4 is 5.32 Å². The third kappa shape index (κ3) is 6.21. The molecule has 0 radical (unpaired) electrons. The van der Waals surface area contributed by atoms with Crippen molar-refractivity contribution in [3.05, 3.63) is 0 Å². The second-order valence-electron chi connectivity index (χ2n) is 4.98. The Morgan fingerprint density at radius 2 is 1.95 bits per heavy atom. The van der Waals surface area contributed by atoms with Crippen LogP contribution in [0.15, 0.2) is 0 Å². The normalized spacial score (nSPS) is 17.8. The molecule has 1 rings (SSSR count). The molecule has 1 fully saturated rings. The molecule has 2 N–H and O–H groups in total. The first kappa shape index (κ1) is 16.7. The van der Waals surface area contributed by atoms with Crippen LogP contribution >= 0.6 is 0 Å². The van der Waals surface area contributed by atoms with Gasteiger partial charge in [-0.05, 0) is 13.8 Å². The van der Waals surface area contributed by atoms with E-state index in [9.17, 15) is 9.59 Å². The molecule has 1 atom stereocenters. The number of ether oxygens (including phenoxy) is 1. The number of nitrogens with one attached hydrogen (secondary N) is 1. The smallest absolute Gasteiger partial charge is 0.317 e. The highest BCUT2D eigenvalue weighted by Crippen LogP contribution is 2.03. The molecule has 7 nitrogen and oxygen atoms in total. The molecule has 0 aromatic rings. The third-order valence-electron chi connectivity index (χ3n) is 3.24. The Hall–Kier alpha value is -1.34. The molecule has 1 saturated heterocycles. The maximum Gasteiger partial charge on any atom is 0.317 e. The van der Waals surface area contributed by atoms with E-state index >= 15 is 0 Å². The van der Waals surface area contributed by atoms with Gasteiger partial charge in [-0.25, -0.2) is 4.79 Å². The summed E-state index contributed by atoms with van der Waals surface area (Å²) in [6.07, 6.45) is 0.150. The monoisotopic (exact) mass is 287 g/mol. The Labute approximate surface area is 119 Å². The highest BCUT2D eigenvalue weighted by atomic mass is 16.5. The molecule has 0 aliphatic carbocycles. The molecule has 0 spiro atoms. The van der Waals surface area contributed by atoms with Gasteiger partial charge in [0.1, 0.15) is 0 Å². The summed E-state index contributed by atoms with van der Waals surface area (Å²) in [6.45, 7) is 8.25. The number of hydrogen-bond acceptors (Lipinski definition) is 4. The molecule has 2 amide bonds. The molecule has 0 aromatic heterocycles. The highest BCUT2D eigenvalue weighted by molar-refractivity contribution is 5.74.